The predicted octanol–water partition coefficient (Wildman–Crippen LogP) is 2.00. The average molecular weight is 465 g/mol. The van der Waals surface area contributed by atoms with E-state index < -0.39 is 0 Å². The van der Waals surface area contributed by atoms with Crippen LogP contribution in [0, 0.1) is 0 Å². The summed E-state index contributed by atoms with van der Waals surface area (Å²) in [4.78, 5) is 24.0. The van der Waals surface area contributed by atoms with Crippen molar-refractivity contribution in [2.75, 3.05) is 52.4 Å². The number of amides is 1. The Labute approximate surface area is 170 Å². The number of hydrogen-bond donors (Lipinski definition) is 1. The first kappa shape index (κ1) is 22.5. The maximum Gasteiger partial charge on any atom is 0.239 e. The summed E-state index contributed by atoms with van der Waals surface area (Å²) in [7, 11) is 0. The van der Waals surface area contributed by atoms with Gasteiger partial charge in [0.15, 0.2) is 5.96 Å². The van der Waals surface area contributed by atoms with Gasteiger partial charge in [-0.1, -0.05) is 13.3 Å². The lowest BCUT2D eigenvalue weighted by Gasteiger charge is -2.39. The van der Waals surface area contributed by atoms with Gasteiger partial charge in [-0.3, -0.25) is 14.7 Å². The number of carbonyl (C=O) groups is 1. The molecule has 7 heteroatoms. The molecule has 2 saturated heterocycles. The molecule has 1 amide bonds. The van der Waals surface area contributed by atoms with Gasteiger partial charge in [0.05, 0.1) is 6.04 Å². The first-order valence-electron chi connectivity index (χ1n) is 9.73. The summed E-state index contributed by atoms with van der Waals surface area (Å²) < 4.78 is 0. The fourth-order valence-corrected chi connectivity index (χ4v) is 3.45. The summed E-state index contributed by atoms with van der Waals surface area (Å²) in [6, 6.07) is 0.00450. The summed E-state index contributed by atoms with van der Waals surface area (Å²) >= 11 is 0. The van der Waals surface area contributed by atoms with Gasteiger partial charge in [-0.2, -0.15) is 0 Å². The molecule has 0 bridgehead atoms. The first-order valence-corrected chi connectivity index (χ1v) is 9.73. The normalized spacial score (nSPS) is 20.4. The van der Waals surface area contributed by atoms with Gasteiger partial charge in [-0.25, -0.2) is 0 Å². The molecule has 2 rings (SSSR count). The Hall–Kier alpha value is -0.570. The van der Waals surface area contributed by atoms with Gasteiger partial charge in [-0.05, 0) is 33.1 Å². The highest BCUT2D eigenvalue weighted by Crippen LogP contribution is 2.14. The van der Waals surface area contributed by atoms with Crippen LogP contribution >= 0.6 is 24.0 Å². The lowest BCUT2D eigenvalue weighted by Crippen LogP contribution is -2.57. The van der Waals surface area contributed by atoms with E-state index in [4.69, 9.17) is 4.99 Å². The zero-order valence-corrected chi connectivity index (χ0v) is 18.5. The predicted molar refractivity (Wildman–Crippen MR) is 115 cm³/mol. The van der Waals surface area contributed by atoms with Crippen LogP contribution in [0.1, 0.15) is 46.5 Å². The first-order chi connectivity index (χ1) is 11.7. The highest BCUT2D eigenvalue weighted by molar-refractivity contribution is 14.0. The molecule has 1 atom stereocenters. The number of halogens is 1. The van der Waals surface area contributed by atoms with Gasteiger partial charge in [0.25, 0.3) is 0 Å². The van der Waals surface area contributed by atoms with Crippen molar-refractivity contribution in [3.05, 3.63) is 0 Å². The monoisotopic (exact) mass is 465 g/mol. The molecular weight excluding hydrogens is 429 g/mol. The number of carbonyl (C=O) groups excluding carboxylic acids is 1. The van der Waals surface area contributed by atoms with Gasteiger partial charge in [0, 0.05) is 52.4 Å². The number of nitrogens with one attached hydrogen (secondary N) is 1. The number of piperazine rings is 1. The zero-order valence-electron chi connectivity index (χ0n) is 16.2. The second kappa shape index (κ2) is 11.9. The molecule has 0 aromatic carbocycles. The molecule has 0 spiro atoms. The van der Waals surface area contributed by atoms with E-state index in [1.807, 2.05) is 4.90 Å². The Morgan fingerprint density at radius 1 is 1.04 bits per heavy atom. The van der Waals surface area contributed by atoms with Gasteiger partial charge < -0.3 is 15.1 Å². The number of aliphatic imine (C=N–C) groups is 1. The minimum atomic E-state index is 0. The number of rotatable bonds is 6. The SMILES string of the molecule is CCCCN=C(NCC)N1CCN(C(C)C(=O)N2CCCC2)CC1.I. The molecule has 2 aliphatic rings. The Balaban J connectivity index is 0.00000312. The van der Waals surface area contributed by atoms with Crippen molar-refractivity contribution in [2.45, 2.75) is 52.5 Å². The molecule has 0 aromatic heterocycles. The van der Waals surface area contributed by atoms with E-state index in [9.17, 15) is 4.79 Å². The molecule has 2 aliphatic heterocycles. The second-order valence-electron chi connectivity index (χ2n) is 6.82. The smallest absolute Gasteiger partial charge is 0.239 e. The third-order valence-electron chi connectivity index (χ3n) is 5.04. The molecule has 25 heavy (non-hydrogen) atoms. The third-order valence-corrected chi connectivity index (χ3v) is 5.04. The molecular formula is C18H36IN5O. The second-order valence-corrected chi connectivity index (χ2v) is 6.82. The van der Waals surface area contributed by atoms with E-state index in [1.54, 1.807) is 0 Å². The van der Waals surface area contributed by atoms with Crippen LogP contribution in [0.2, 0.25) is 0 Å². The molecule has 0 saturated carbocycles. The average Bonchev–Trinajstić information content (AvgIpc) is 3.15. The molecule has 2 fully saturated rings. The van der Waals surface area contributed by atoms with Crippen LogP contribution in [0.5, 0.6) is 0 Å². The molecule has 146 valence electrons. The number of hydrogen-bond acceptors (Lipinski definition) is 3. The molecule has 2 heterocycles. The fourth-order valence-electron chi connectivity index (χ4n) is 3.45. The van der Waals surface area contributed by atoms with Gasteiger partial charge in [0.1, 0.15) is 0 Å². The van der Waals surface area contributed by atoms with Crippen LogP contribution in [0.15, 0.2) is 4.99 Å². The van der Waals surface area contributed by atoms with E-state index in [0.717, 1.165) is 77.6 Å². The van der Waals surface area contributed by atoms with E-state index >= 15 is 0 Å². The third kappa shape index (κ3) is 6.58. The fraction of sp³-hybridized carbons (Fsp3) is 0.889. The maximum absolute atomic E-state index is 12.6. The van der Waals surface area contributed by atoms with Crippen LogP contribution < -0.4 is 5.32 Å². The number of likely N-dealkylation sites (tertiary alicyclic amines) is 1. The van der Waals surface area contributed by atoms with Crippen molar-refractivity contribution < 1.29 is 4.79 Å². The van der Waals surface area contributed by atoms with Crippen molar-refractivity contribution in [2.24, 2.45) is 4.99 Å². The topological polar surface area (TPSA) is 51.2 Å². The van der Waals surface area contributed by atoms with E-state index in [2.05, 4.69) is 35.9 Å². The Morgan fingerprint density at radius 3 is 2.24 bits per heavy atom. The summed E-state index contributed by atoms with van der Waals surface area (Å²) in [5.74, 6) is 1.34. The lowest BCUT2D eigenvalue weighted by molar-refractivity contribution is -0.135. The lowest BCUT2D eigenvalue weighted by atomic mass is 10.2. The zero-order chi connectivity index (χ0) is 17.4. The van der Waals surface area contributed by atoms with E-state index in [1.165, 1.54) is 6.42 Å². The number of nitrogens with zero attached hydrogens (tertiary/aromatic N) is 4. The molecule has 1 unspecified atom stereocenters. The summed E-state index contributed by atoms with van der Waals surface area (Å²) in [6.45, 7) is 13.8. The summed E-state index contributed by atoms with van der Waals surface area (Å²) in [5.41, 5.74) is 0. The standard InChI is InChI=1S/C18H35N5O.HI/c1-4-6-9-20-18(19-5-2)23-14-12-21(13-15-23)16(3)17(24)22-10-7-8-11-22;/h16H,4-15H2,1-3H3,(H,19,20);1H. The maximum atomic E-state index is 12.6. The Kier molecular flexibility index (Phi) is 10.7. The van der Waals surface area contributed by atoms with Crippen molar-refractivity contribution in [1.82, 2.24) is 20.0 Å². The molecule has 1 N–H and O–H groups in total. The molecule has 0 radical (unpaired) electrons. The van der Waals surface area contributed by atoms with E-state index in [0.29, 0.717) is 5.91 Å². The number of unbranched alkanes of at least 4 members (excludes halogenated alkanes) is 1. The van der Waals surface area contributed by atoms with Crippen molar-refractivity contribution in [3.8, 4) is 0 Å². The minimum absolute atomic E-state index is 0. The quantitative estimate of drug-likeness (QED) is 0.282. The number of guanidine groups is 1. The van der Waals surface area contributed by atoms with Crippen LogP contribution in [0.25, 0.3) is 0 Å². The van der Waals surface area contributed by atoms with Gasteiger partial charge in [-0.15, -0.1) is 24.0 Å². The van der Waals surface area contributed by atoms with Crippen molar-refractivity contribution in [3.63, 3.8) is 0 Å². The van der Waals surface area contributed by atoms with E-state index in [-0.39, 0.29) is 30.0 Å². The van der Waals surface area contributed by atoms with Crippen LogP contribution in [-0.4, -0.2) is 85.0 Å². The van der Waals surface area contributed by atoms with Crippen molar-refractivity contribution >= 4 is 35.8 Å². The summed E-state index contributed by atoms with van der Waals surface area (Å²) in [6.07, 6.45) is 4.63. The molecule has 6 nitrogen and oxygen atoms in total. The van der Waals surface area contributed by atoms with Gasteiger partial charge in [0.2, 0.25) is 5.91 Å². The van der Waals surface area contributed by atoms with Crippen LogP contribution in [0.4, 0.5) is 0 Å². The minimum Gasteiger partial charge on any atom is -0.357 e. The molecule has 0 aromatic rings. The Bertz CT molecular complexity index is 418. The molecule has 0 aliphatic carbocycles. The highest BCUT2D eigenvalue weighted by atomic mass is 127. The van der Waals surface area contributed by atoms with Gasteiger partial charge >= 0.3 is 0 Å². The van der Waals surface area contributed by atoms with Crippen LogP contribution in [-0.2, 0) is 4.79 Å². The summed E-state index contributed by atoms with van der Waals surface area (Å²) in [5, 5.41) is 3.41. The largest absolute Gasteiger partial charge is 0.357 e. The Morgan fingerprint density at radius 2 is 1.68 bits per heavy atom. The van der Waals surface area contributed by atoms with Crippen LogP contribution in [0.3, 0.4) is 0 Å². The van der Waals surface area contributed by atoms with Crippen molar-refractivity contribution in [1.29, 1.82) is 0 Å². The highest BCUT2D eigenvalue weighted by Gasteiger charge is 2.30.